The van der Waals surface area contributed by atoms with E-state index in [1.807, 2.05) is 0 Å². The number of hydrogen-bond donors (Lipinski definition) is 0. The van der Waals surface area contributed by atoms with E-state index in [-0.39, 0.29) is 5.97 Å². The molecular formula is C47H50BNO2. The topological polar surface area (TPSA) is 26.3 Å². The molecule has 0 spiro atoms. The van der Waals surface area contributed by atoms with E-state index in [1.54, 1.807) is 6.92 Å². The third-order valence-electron chi connectivity index (χ3n) is 9.95. The van der Waals surface area contributed by atoms with Crippen LogP contribution in [0.5, 0.6) is 0 Å². The summed E-state index contributed by atoms with van der Waals surface area (Å²) in [5, 5.41) is 0. The summed E-state index contributed by atoms with van der Waals surface area (Å²) in [4.78, 5) is 11.6. The van der Waals surface area contributed by atoms with E-state index in [1.165, 1.54) is 33.0 Å². The molecule has 0 N–H and O–H groups in total. The Labute approximate surface area is 305 Å². The number of benzene rings is 6. The summed E-state index contributed by atoms with van der Waals surface area (Å²) in [5.74, 6) is -0.300. The van der Waals surface area contributed by atoms with E-state index in [0.717, 1.165) is 37.1 Å². The van der Waals surface area contributed by atoms with Crippen LogP contribution in [0.2, 0.25) is 0 Å². The summed E-state index contributed by atoms with van der Waals surface area (Å²) in [6.07, 6.45) is -0.376. The van der Waals surface area contributed by atoms with Gasteiger partial charge in [0.05, 0.1) is 19.7 Å². The second-order valence-corrected chi connectivity index (χ2v) is 13.4. The lowest BCUT2D eigenvalue weighted by molar-refractivity contribution is -0.952. The van der Waals surface area contributed by atoms with Crippen molar-refractivity contribution < 1.29 is 14.0 Å². The van der Waals surface area contributed by atoms with Crippen LogP contribution in [-0.2, 0) is 22.6 Å². The first-order valence-corrected chi connectivity index (χ1v) is 18.1. The normalized spacial score (nSPS) is 11.2. The maximum absolute atomic E-state index is 11.6. The summed E-state index contributed by atoms with van der Waals surface area (Å²) in [6, 6.07) is 64.8. The van der Waals surface area contributed by atoms with Crippen LogP contribution in [0.15, 0.2) is 194 Å². The molecule has 3 nitrogen and oxygen atoms in total. The second kappa shape index (κ2) is 18.5. The number of hydrogen-bond acceptors (Lipinski definition) is 2. The maximum Gasteiger partial charge on any atom is 0.333 e. The number of quaternary nitrogens is 1. The van der Waals surface area contributed by atoms with Gasteiger partial charge in [0.2, 0.25) is 0 Å². The minimum absolute atomic E-state index is 0.300. The number of carbonyl (C=O) groups is 1. The van der Waals surface area contributed by atoms with Gasteiger partial charge in [-0.15, -0.1) is 0 Å². The lowest BCUT2D eigenvalue weighted by Gasteiger charge is -2.44. The number of nitrogens with zero attached hydrogens (tertiary/aromatic N) is 1. The molecule has 258 valence electrons. The number of carbonyl (C=O) groups excluding carboxylic acids is 1. The fraction of sp³-hybridized carbons (Fsp3) is 0.170. The molecule has 0 saturated heterocycles. The zero-order valence-corrected chi connectivity index (χ0v) is 30.1. The first-order chi connectivity index (χ1) is 25.0. The number of rotatable bonds is 14. The van der Waals surface area contributed by atoms with Crippen molar-refractivity contribution in [1.82, 2.24) is 0 Å². The van der Waals surface area contributed by atoms with Crippen LogP contribution in [0, 0.1) is 0 Å². The van der Waals surface area contributed by atoms with E-state index in [9.17, 15) is 4.79 Å². The largest absolute Gasteiger partial charge is 0.462 e. The third-order valence-corrected chi connectivity index (χ3v) is 9.95. The van der Waals surface area contributed by atoms with Gasteiger partial charge in [-0.05, 0) is 13.8 Å². The highest BCUT2D eigenvalue weighted by Gasteiger charge is 2.31. The molecule has 0 amide bonds. The van der Waals surface area contributed by atoms with Crippen molar-refractivity contribution in [3.05, 3.63) is 205 Å². The smallest absolute Gasteiger partial charge is 0.333 e. The van der Waals surface area contributed by atoms with Crippen LogP contribution in [0.4, 0.5) is 0 Å². The summed E-state index contributed by atoms with van der Waals surface area (Å²) >= 11 is 0. The zero-order valence-electron chi connectivity index (χ0n) is 30.1. The standard InChI is InChI=1S/C24H20B.C23H30NO2/c1-5-13-21(14-6-1)25(22-15-7-2-8-16-22,23-17-9-3-10-18-23)24-19-11-4-12-20-24;1-4-24(18-21-12-7-5-8-13-21,19-22-14-9-6-10-15-22)16-11-17-26-23(25)20(2)3/h1-20H;5-10,12-15H,2,4,11,16-19H2,1,3H3/q-1;+1. The van der Waals surface area contributed by atoms with Crippen LogP contribution < -0.4 is 21.9 Å². The zero-order chi connectivity index (χ0) is 35.8. The molecule has 6 rings (SSSR count). The van der Waals surface area contributed by atoms with E-state index in [0.29, 0.717) is 12.2 Å². The third kappa shape index (κ3) is 9.63. The molecule has 0 aliphatic rings. The van der Waals surface area contributed by atoms with Gasteiger partial charge in [0.1, 0.15) is 19.2 Å². The van der Waals surface area contributed by atoms with E-state index in [4.69, 9.17) is 4.74 Å². The van der Waals surface area contributed by atoms with Gasteiger partial charge in [0, 0.05) is 23.1 Å². The highest BCUT2D eigenvalue weighted by molar-refractivity contribution is 7.19. The van der Waals surface area contributed by atoms with Gasteiger partial charge in [-0.2, -0.15) is 21.9 Å². The summed E-state index contributed by atoms with van der Waals surface area (Å²) < 4.78 is 6.24. The Bertz CT molecular complexity index is 1690. The van der Waals surface area contributed by atoms with Gasteiger partial charge in [0.15, 0.2) is 0 Å². The maximum atomic E-state index is 11.6. The Morgan fingerprint density at radius 2 is 0.863 bits per heavy atom. The van der Waals surface area contributed by atoms with Crippen molar-refractivity contribution in [2.24, 2.45) is 0 Å². The molecule has 6 aromatic carbocycles. The van der Waals surface area contributed by atoms with Crippen LogP contribution in [0.3, 0.4) is 0 Å². The van der Waals surface area contributed by atoms with Crippen LogP contribution >= 0.6 is 0 Å². The Hall–Kier alpha value is -5.45. The fourth-order valence-electron chi connectivity index (χ4n) is 7.35. The molecule has 6 aromatic rings. The van der Waals surface area contributed by atoms with Crippen LogP contribution in [0.1, 0.15) is 31.4 Å². The molecule has 0 heterocycles. The lowest BCUT2D eigenvalue weighted by atomic mass is 9.13. The average Bonchev–Trinajstić information content (AvgIpc) is 3.19. The first-order valence-electron chi connectivity index (χ1n) is 18.1. The number of esters is 1. The molecular weight excluding hydrogens is 621 g/mol. The molecule has 0 atom stereocenters. The molecule has 4 heteroatoms. The van der Waals surface area contributed by atoms with Crippen molar-refractivity contribution in [2.75, 3.05) is 19.7 Å². The van der Waals surface area contributed by atoms with E-state index < -0.39 is 6.15 Å². The quantitative estimate of drug-likeness (QED) is 0.0389. The first kappa shape index (κ1) is 36.8. The Morgan fingerprint density at radius 3 is 1.16 bits per heavy atom. The molecule has 0 fully saturated rings. The average molecular weight is 672 g/mol. The minimum atomic E-state index is -1.22. The monoisotopic (exact) mass is 671 g/mol. The fourth-order valence-corrected chi connectivity index (χ4v) is 7.35. The molecule has 0 saturated carbocycles. The Kier molecular flexibility index (Phi) is 13.4. The van der Waals surface area contributed by atoms with E-state index >= 15 is 0 Å². The molecule has 0 aliphatic carbocycles. The number of ether oxygens (including phenoxy) is 1. The highest BCUT2D eigenvalue weighted by Crippen LogP contribution is 2.21. The molecule has 0 aromatic heterocycles. The van der Waals surface area contributed by atoms with Gasteiger partial charge >= 0.3 is 5.97 Å². The van der Waals surface area contributed by atoms with Gasteiger partial charge in [-0.1, -0.05) is 189 Å². The SMILES string of the molecule is C=C(C)C(=O)OCCC[N+](CC)(Cc1ccccc1)Cc1ccccc1.c1ccc([B-](c2ccccc2)(c2ccccc2)c2ccccc2)cc1. The van der Waals surface area contributed by atoms with Gasteiger partial charge in [0.25, 0.3) is 0 Å². The van der Waals surface area contributed by atoms with Gasteiger partial charge in [-0.3, -0.25) is 0 Å². The lowest BCUT2D eigenvalue weighted by Crippen LogP contribution is -2.74. The van der Waals surface area contributed by atoms with Crippen molar-refractivity contribution in [2.45, 2.75) is 33.4 Å². The molecule has 0 bridgehead atoms. The van der Waals surface area contributed by atoms with E-state index in [2.05, 4.69) is 195 Å². The molecule has 51 heavy (non-hydrogen) atoms. The second-order valence-electron chi connectivity index (χ2n) is 13.4. The van der Waals surface area contributed by atoms with Crippen molar-refractivity contribution in [1.29, 1.82) is 0 Å². The van der Waals surface area contributed by atoms with Crippen molar-refractivity contribution in [3.8, 4) is 0 Å². The van der Waals surface area contributed by atoms with Crippen molar-refractivity contribution >= 4 is 34.0 Å². The highest BCUT2D eigenvalue weighted by atomic mass is 16.5. The summed E-state index contributed by atoms with van der Waals surface area (Å²) in [5.41, 5.74) is 8.48. The van der Waals surface area contributed by atoms with Gasteiger partial charge < -0.3 is 9.22 Å². The summed E-state index contributed by atoms with van der Waals surface area (Å²) in [7, 11) is 0. The predicted octanol–water partition coefficient (Wildman–Crippen LogP) is 7.80. The minimum Gasteiger partial charge on any atom is -0.462 e. The summed E-state index contributed by atoms with van der Waals surface area (Å²) in [6.45, 7) is 11.9. The van der Waals surface area contributed by atoms with Crippen molar-refractivity contribution in [3.63, 3.8) is 0 Å². The molecule has 0 unspecified atom stereocenters. The predicted molar refractivity (Wildman–Crippen MR) is 216 cm³/mol. The molecule has 0 radical (unpaired) electrons. The Balaban J connectivity index is 0.000000198. The Morgan fingerprint density at radius 1 is 0.549 bits per heavy atom. The molecule has 0 aliphatic heterocycles. The van der Waals surface area contributed by atoms with Gasteiger partial charge in [-0.25, -0.2) is 4.79 Å². The van der Waals surface area contributed by atoms with Crippen LogP contribution in [0.25, 0.3) is 0 Å². The van der Waals surface area contributed by atoms with Crippen LogP contribution in [-0.4, -0.2) is 36.3 Å².